The van der Waals surface area contributed by atoms with Gasteiger partial charge in [-0.25, -0.2) is 8.42 Å². The second kappa shape index (κ2) is 11.8. The maximum atomic E-state index is 13.4. The predicted octanol–water partition coefficient (Wildman–Crippen LogP) is 2.53. The molecule has 1 aromatic heterocycles. The zero-order valence-corrected chi connectivity index (χ0v) is 22.9. The van der Waals surface area contributed by atoms with Crippen molar-refractivity contribution in [3.05, 3.63) is 53.9 Å². The van der Waals surface area contributed by atoms with E-state index >= 15 is 0 Å². The van der Waals surface area contributed by atoms with Gasteiger partial charge in [0.2, 0.25) is 5.91 Å². The molecule has 6 atom stereocenters. The van der Waals surface area contributed by atoms with Crippen molar-refractivity contribution in [1.82, 2.24) is 15.6 Å². The molecule has 2 bridgehead atoms. The van der Waals surface area contributed by atoms with Gasteiger partial charge in [0.1, 0.15) is 10.5 Å². The molecular formula is C28H37N3O6S. The number of sulfone groups is 1. The maximum absolute atomic E-state index is 13.4. The summed E-state index contributed by atoms with van der Waals surface area (Å²) in [5.41, 5.74) is 0.707. The summed E-state index contributed by atoms with van der Waals surface area (Å²) < 4.78 is 30.0. The van der Waals surface area contributed by atoms with Crippen molar-refractivity contribution in [3.8, 4) is 5.75 Å². The molecule has 1 aromatic carbocycles. The molecule has 0 spiro atoms. The molecule has 0 aliphatic heterocycles. The van der Waals surface area contributed by atoms with E-state index in [9.17, 15) is 23.1 Å². The van der Waals surface area contributed by atoms with Gasteiger partial charge in [-0.3, -0.25) is 14.6 Å². The number of methoxy groups -OCH3 is 1. The monoisotopic (exact) mass is 543 g/mol. The Bertz CT molecular complexity index is 1250. The third-order valence-corrected chi connectivity index (χ3v) is 9.02. The molecule has 0 radical (unpaired) electrons. The van der Waals surface area contributed by atoms with Crippen molar-refractivity contribution >= 4 is 21.7 Å². The van der Waals surface area contributed by atoms with Crippen LogP contribution in [0.2, 0.25) is 0 Å². The fourth-order valence-corrected chi connectivity index (χ4v) is 6.67. The number of ether oxygens (including phenoxy) is 1. The summed E-state index contributed by atoms with van der Waals surface area (Å²) in [5.74, 6) is -0.00661. The van der Waals surface area contributed by atoms with Gasteiger partial charge in [-0.1, -0.05) is 43.7 Å². The van der Waals surface area contributed by atoms with Crippen LogP contribution in [0.3, 0.4) is 0 Å². The largest absolute Gasteiger partial charge is 0.494 e. The van der Waals surface area contributed by atoms with Crippen LogP contribution in [0.5, 0.6) is 5.75 Å². The van der Waals surface area contributed by atoms with Crippen LogP contribution in [0, 0.1) is 17.8 Å². The fraction of sp³-hybridized carbons (Fsp3) is 0.536. The average Bonchev–Trinajstić information content (AvgIpc) is 3.51. The van der Waals surface area contributed by atoms with E-state index < -0.39 is 33.8 Å². The summed E-state index contributed by atoms with van der Waals surface area (Å²) in [5, 5.41) is 17.2. The fourth-order valence-electron chi connectivity index (χ4n) is 5.85. The van der Waals surface area contributed by atoms with Crippen LogP contribution in [0.1, 0.15) is 54.9 Å². The predicted molar refractivity (Wildman–Crippen MR) is 142 cm³/mol. The first-order valence-corrected chi connectivity index (χ1v) is 15.0. The summed E-state index contributed by atoms with van der Waals surface area (Å²) in [6.45, 7) is 1.78. The van der Waals surface area contributed by atoms with E-state index in [1.165, 1.54) is 26.1 Å². The van der Waals surface area contributed by atoms with Crippen molar-refractivity contribution in [2.24, 2.45) is 17.8 Å². The Labute approximate surface area is 224 Å². The Morgan fingerprint density at radius 3 is 2.50 bits per heavy atom. The molecule has 3 N–H and O–H groups in total. The Morgan fingerprint density at radius 1 is 1.16 bits per heavy atom. The van der Waals surface area contributed by atoms with E-state index in [2.05, 4.69) is 15.6 Å². The highest BCUT2D eigenvalue weighted by Crippen LogP contribution is 2.44. The molecule has 2 fully saturated rings. The molecule has 38 heavy (non-hydrogen) atoms. The molecule has 10 heteroatoms. The lowest BCUT2D eigenvalue weighted by atomic mass is 9.92. The molecule has 2 aliphatic carbocycles. The van der Waals surface area contributed by atoms with Gasteiger partial charge >= 0.3 is 0 Å². The lowest BCUT2D eigenvalue weighted by Crippen LogP contribution is -2.47. The molecule has 2 aromatic rings. The van der Waals surface area contributed by atoms with E-state index in [-0.39, 0.29) is 41.0 Å². The molecular weight excluding hydrogens is 506 g/mol. The van der Waals surface area contributed by atoms with Crippen molar-refractivity contribution in [3.63, 3.8) is 0 Å². The van der Waals surface area contributed by atoms with Crippen LogP contribution in [0.25, 0.3) is 0 Å². The first kappa shape index (κ1) is 28.0. The van der Waals surface area contributed by atoms with Crippen molar-refractivity contribution in [1.29, 1.82) is 0 Å². The first-order valence-electron chi connectivity index (χ1n) is 13.1. The molecule has 206 valence electrons. The third kappa shape index (κ3) is 6.53. The van der Waals surface area contributed by atoms with Gasteiger partial charge in [-0.15, -0.1) is 0 Å². The number of fused-ring (bicyclic) bond motifs is 2. The SMILES string of the molecule is COc1cncc(S(C)(=O)=O)c1C(=O)N[C@@H](Cc1ccccc1)[C@H](O)C[C@@H](C)C(=O)NC1CC2CCC1C2. The number of nitrogens with zero attached hydrogens (tertiary/aromatic N) is 1. The Balaban J connectivity index is 1.51. The molecule has 2 aliphatic rings. The number of hydrogen-bond donors (Lipinski definition) is 3. The number of nitrogens with one attached hydrogen (secondary N) is 2. The van der Waals surface area contributed by atoms with E-state index in [0.29, 0.717) is 11.8 Å². The standard InChI is InChI=1S/C28H37N3O6S/c1-17(27(33)30-21-14-19-9-10-20(21)12-19)11-23(32)22(13-18-7-5-4-6-8-18)31-28(34)26-24(37-2)15-29-16-25(26)38(3,35)36/h4-8,15-17,19-23,32H,9-14H2,1-3H3,(H,30,33)(H,31,34)/t17-,19?,20?,21?,22+,23-/m1/s1. The van der Waals surface area contributed by atoms with Crippen LogP contribution in [-0.2, 0) is 21.1 Å². The van der Waals surface area contributed by atoms with Gasteiger partial charge < -0.3 is 20.5 Å². The minimum absolute atomic E-state index is 0.0111. The number of amides is 2. The van der Waals surface area contributed by atoms with Crippen molar-refractivity contribution < 1.29 is 27.9 Å². The molecule has 4 rings (SSSR count). The Hall–Kier alpha value is -2.98. The van der Waals surface area contributed by atoms with E-state index in [1.807, 2.05) is 30.3 Å². The molecule has 1 heterocycles. The molecule has 2 saturated carbocycles. The second-order valence-corrected chi connectivity index (χ2v) is 12.7. The number of benzene rings is 1. The van der Waals surface area contributed by atoms with E-state index in [0.717, 1.165) is 30.9 Å². The quantitative estimate of drug-likeness (QED) is 0.396. The van der Waals surface area contributed by atoms with Crippen LogP contribution in [0.15, 0.2) is 47.6 Å². The second-order valence-electron chi connectivity index (χ2n) is 10.8. The summed E-state index contributed by atoms with van der Waals surface area (Å²) in [6.07, 6.45) is 7.34. The van der Waals surface area contributed by atoms with Gasteiger partial charge in [-0.05, 0) is 49.5 Å². The topological polar surface area (TPSA) is 135 Å². The Morgan fingerprint density at radius 2 is 1.89 bits per heavy atom. The summed E-state index contributed by atoms with van der Waals surface area (Å²) in [4.78, 5) is 30.0. The normalized spacial score (nSPS) is 22.9. The zero-order chi connectivity index (χ0) is 27.4. The summed E-state index contributed by atoms with van der Waals surface area (Å²) in [6, 6.07) is 8.77. The summed E-state index contributed by atoms with van der Waals surface area (Å²) in [7, 11) is -2.46. The van der Waals surface area contributed by atoms with Gasteiger partial charge in [0.05, 0.1) is 25.5 Å². The Kier molecular flexibility index (Phi) is 8.72. The minimum Gasteiger partial charge on any atom is -0.494 e. The number of rotatable bonds is 11. The number of hydrogen-bond acceptors (Lipinski definition) is 7. The number of aliphatic hydroxyl groups is 1. The van der Waals surface area contributed by atoms with Gasteiger partial charge in [-0.2, -0.15) is 0 Å². The highest BCUT2D eigenvalue weighted by Gasteiger charge is 2.40. The molecule has 3 unspecified atom stereocenters. The number of aromatic nitrogens is 1. The van der Waals surface area contributed by atoms with Crippen LogP contribution in [-0.4, -0.2) is 61.9 Å². The molecule has 9 nitrogen and oxygen atoms in total. The van der Waals surface area contributed by atoms with Crippen molar-refractivity contribution in [2.75, 3.05) is 13.4 Å². The third-order valence-electron chi connectivity index (χ3n) is 7.91. The highest BCUT2D eigenvalue weighted by atomic mass is 32.2. The van der Waals surface area contributed by atoms with Gasteiger partial charge in [0, 0.05) is 24.4 Å². The zero-order valence-electron chi connectivity index (χ0n) is 22.1. The van der Waals surface area contributed by atoms with Crippen LogP contribution in [0.4, 0.5) is 0 Å². The van der Waals surface area contributed by atoms with Gasteiger partial charge in [0.15, 0.2) is 15.6 Å². The summed E-state index contributed by atoms with van der Waals surface area (Å²) >= 11 is 0. The van der Waals surface area contributed by atoms with Crippen LogP contribution < -0.4 is 15.4 Å². The number of carbonyl (C=O) groups excluding carboxylic acids is 2. The highest BCUT2D eigenvalue weighted by molar-refractivity contribution is 7.90. The average molecular weight is 544 g/mol. The lowest BCUT2D eigenvalue weighted by molar-refractivity contribution is -0.126. The number of aliphatic hydroxyl groups excluding tert-OH is 1. The van der Waals surface area contributed by atoms with Gasteiger partial charge in [0.25, 0.3) is 5.91 Å². The van der Waals surface area contributed by atoms with Crippen molar-refractivity contribution in [2.45, 2.75) is 68.5 Å². The smallest absolute Gasteiger partial charge is 0.256 e. The maximum Gasteiger partial charge on any atom is 0.256 e. The van der Waals surface area contributed by atoms with Crippen LogP contribution >= 0.6 is 0 Å². The lowest BCUT2D eigenvalue weighted by Gasteiger charge is -2.28. The van der Waals surface area contributed by atoms with E-state index in [1.54, 1.807) is 6.92 Å². The number of carbonyl (C=O) groups is 2. The molecule has 0 saturated heterocycles. The molecule has 2 amide bonds. The number of pyridine rings is 1. The van der Waals surface area contributed by atoms with E-state index in [4.69, 9.17) is 4.74 Å². The first-order chi connectivity index (χ1) is 18.1. The minimum atomic E-state index is -3.79.